The third-order valence-electron chi connectivity index (χ3n) is 3.02. The van der Waals surface area contributed by atoms with Crippen LogP contribution in [-0.4, -0.2) is 47.8 Å². The number of nitrogens with one attached hydrogen (secondary N) is 1. The molecule has 0 spiro atoms. The summed E-state index contributed by atoms with van der Waals surface area (Å²) >= 11 is 5.83. The molecule has 0 aromatic heterocycles. The number of urea groups is 1. The van der Waals surface area contributed by atoms with Gasteiger partial charge < -0.3 is 20.1 Å². The van der Waals surface area contributed by atoms with Gasteiger partial charge in [-0.15, -0.1) is 0 Å². The lowest BCUT2D eigenvalue weighted by atomic mass is 10.2. The predicted molar refractivity (Wildman–Crippen MR) is 74.1 cm³/mol. The molecule has 8 heteroatoms. The van der Waals surface area contributed by atoms with Crippen LogP contribution in [0.5, 0.6) is 0 Å². The topological polar surface area (TPSA) is 103 Å². The summed E-state index contributed by atoms with van der Waals surface area (Å²) in [6.07, 6.45) is 0. The van der Waals surface area contributed by atoms with E-state index in [4.69, 9.17) is 26.7 Å². The standard InChI is InChI=1S/C13H12ClN3O4/c14-9-2-1-8(6-15)10(5-9)16-13(20)17-3-4-21-7-11(17)12(18)19/h1-2,5,11H,3-4,7H2,(H,16,20)(H,18,19). The van der Waals surface area contributed by atoms with Crippen LogP contribution in [0.3, 0.4) is 0 Å². The molecule has 1 aliphatic heterocycles. The molecule has 0 aliphatic carbocycles. The molecule has 1 fully saturated rings. The van der Waals surface area contributed by atoms with Gasteiger partial charge >= 0.3 is 12.0 Å². The number of nitriles is 1. The number of ether oxygens (including phenoxy) is 1. The summed E-state index contributed by atoms with van der Waals surface area (Å²) in [5.74, 6) is -1.14. The van der Waals surface area contributed by atoms with E-state index in [0.29, 0.717) is 5.02 Å². The zero-order valence-corrected chi connectivity index (χ0v) is 11.6. The van der Waals surface area contributed by atoms with E-state index in [9.17, 15) is 9.59 Å². The lowest BCUT2D eigenvalue weighted by Gasteiger charge is -2.32. The minimum atomic E-state index is -1.14. The molecular weight excluding hydrogens is 298 g/mol. The number of anilines is 1. The molecule has 2 amide bonds. The first kappa shape index (κ1) is 15.1. The maximum atomic E-state index is 12.2. The van der Waals surface area contributed by atoms with Gasteiger partial charge in [0.25, 0.3) is 0 Å². The van der Waals surface area contributed by atoms with Crippen molar-refractivity contribution in [2.24, 2.45) is 0 Å². The van der Waals surface area contributed by atoms with Crippen molar-refractivity contribution in [2.45, 2.75) is 6.04 Å². The second-order valence-electron chi connectivity index (χ2n) is 4.35. The second kappa shape index (κ2) is 6.43. The van der Waals surface area contributed by atoms with Crippen LogP contribution in [-0.2, 0) is 9.53 Å². The zero-order valence-electron chi connectivity index (χ0n) is 10.9. The molecule has 1 atom stereocenters. The summed E-state index contributed by atoms with van der Waals surface area (Å²) in [5.41, 5.74) is 0.485. The van der Waals surface area contributed by atoms with Crippen molar-refractivity contribution < 1.29 is 19.4 Å². The van der Waals surface area contributed by atoms with Crippen LogP contribution in [0.1, 0.15) is 5.56 Å². The summed E-state index contributed by atoms with van der Waals surface area (Å²) in [6.45, 7) is 0.354. The number of hydrogen-bond acceptors (Lipinski definition) is 4. The van der Waals surface area contributed by atoms with Gasteiger partial charge in [-0.1, -0.05) is 11.6 Å². The molecule has 0 saturated carbocycles. The largest absolute Gasteiger partial charge is 0.480 e. The molecule has 1 aromatic rings. The fourth-order valence-corrected chi connectivity index (χ4v) is 2.13. The van der Waals surface area contributed by atoms with Crippen molar-refractivity contribution in [3.8, 4) is 6.07 Å². The summed E-state index contributed by atoms with van der Waals surface area (Å²) in [6, 6.07) is 4.72. The maximum Gasteiger partial charge on any atom is 0.328 e. The van der Waals surface area contributed by atoms with Crippen LogP contribution in [0.2, 0.25) is 5.02 Å². The molecule has 2 N–H and O–H groups in total. The van der Waals surface area contributed by atoms with E-state index in [-0.39, 0.29) is 31.0 Å². The number of carbonyl (C=O) groups is 2. The van der Waals surface area contributed by atoms with Gasteiger partial charge in [0.05, 0.1) is 24.5 Å². The highest BCUT2D eigenvalue weighted by molar-refractivity contribution is 6.31. The van der Waals surface area contributed by atoms with E-state index in [1.807, 2.05) is 6.07 Å². The Labute approximate surface area is 125 Å². The second-order valence-corrected chi connectivity index (χ2v) is 4.79. The highest BCUT2D eigenvalue weighted by Crippen LogP contribution is 2.21. The fourth-order valence-electron chi connectivity index (χ4n) is 1.96. The number of amides is 2. The van der Waals surface area contributed by atoms with Crippen LogP contribution in [0.25, 0.3) is 0 Å². The van der Waals surface area contributed by atoms with Crippen molar-refractivity contribution in [3.05, 3.63) is 28.8 Å². The van der Waals surface area contributed by atoms with Gasteiger partial charge in [0, 0.05) is 11.6 Å². The van der Waals surface area contributed by atoms with Gasteiger partial charge in [0.15, 0.2) is 6.04 Å². The van der Waals surface area contributed by atoms with E-state index in [1.165, 1.54) is 18.2 Å². The number of rotatable bonds is 2. The Bertz CT molecular complexity index is 614. The van der Waals surface area contributed by atoms with Crippen LogP contribution >= 0.6 is 11.6 Å². The summed E-state index contributed by atoms with van der Waals surface area (Å²) in [4.78, 5) is 24.5. The Morgan fingerprint density at radius 1 is 1.52 bits per heavy atom. The molecule has 0 bridgehead atoms. The first-order valence-corrected chi connectivity index (χ1v) is 6.48. The number of benzene rings is 1. The number of carboxylic acid groups (broad SMARTS) is 1. The van der Waals surface area contributed by atoms with Crippen molar-refractivity contribution >= 4 is 29.3 Å². The number of carboxylic acids is 1. The number of halogens is 1. The number of aliphatic carboxylic acids is 1. The Morgan fingerprint density at radius 2 is 2.29 bits per heavy atom. The minimum Gasteiger partial charge on any atom is -0.480 e. The van der Waals surface area contributed by atoms with Crippen molar-refractivity contribution in [1.82, 2.24) is 4.90 Å². The van der Waals surface area contributed by atoms with Gasteiger partial charge in [0.2, 0.25) is 0 Å². The average molecular weight is 310 g/mol. The number of carbonyl (C=O) groups excluding carboxylic acids is 1. The number of hydrogen-bond donors (Lipinski definition) is 2. The van der Waals surface area contributed by atoms with E-state index < -0.39 is 18.0 Å². The van der Waals surface area contributed by atoms with Crippen LogP contribution in [0.15, 0.2) is 18.2 Å². The van der Waals surface area contributed by atoms with E-state index in [2.05, 4.69) is 5.32 Å². The molecule has 0 radical (unpaired) electrons. The molecule has 110 valence electrons. The average Bonchev–Trinajstić information content (AvgIpc) is 2.47. The summed E-state index contributed by atoms with van der Waals surface area (Å²) < 4.78 is 5.06. The fraction of sp³-hybridized carbons (Fsp3) is 0.308. The van der Waals surface area contributed by atoms with Crippen molar-refractivity contribution in [3.63, 3.8) is 0 Å². The smallest absolute Gasteiger partial charge is 0.328 e. The molecule has 21 heavy (non-hydrogen) atoms. The van der Waals surface area contributed by atoms with Gasteiger partial charge in [-0.3, -0.25) is 0 Å². The minimum absolute atomic E-state index is 0.0661. The Morgan fingerprint density at radius 3 is 2.95 bits per heavy atom. The molecule has 1 saturated heterocycles. The highest BCUT2D eigenvalue weighted by Gasteiger charge is 2.33. The molecule has 1 unspecified atom stereocenters. The predicted octanol–water partition coefficient (Wildman–Crippen LogP) is 1.53. The lowest BCUT2D eigenvalue weighted by molar-refractivity contribution is -0.147. The van der Waals surface area contributed by atoms with Gasteiger partial charge in [-0.2, -0.15) is 5.26 Å². The van der Waals surface area contributed by atoms with Crippen molar-refractivity contribution in [2.75, 3.05) is 25.1 Å². The first-order valence-electron chi connectivity index (χ1n) is 6.10. The van der Waals surface area contributed by atoms with E-state index >= 15 is 0 Å². The zero-order chi connectivity index (χ0) is 15.4. The van der Waals surface area contributed by atoms with Crippen molar-refractivity contribution in [1.29, 1.82) is 5.26 Å². The number of morpholine rings is 1. The van der Waals surface area contributed by atoms with Crippen LogP contribution < -0.4 is 5.32 Å². The lowest BCUT2D eigenvalue weighted by Crippen LogP contribution is -2.54. The van der Waals surface area contributed by atoms with Crippen LogP contribution in [0, 0.1) is 11.3 Å². The highest BCUT2D eigenvalue weighted by atomic mass is 35.5. The molecule has 2 rings (SSSR count). The molecule has 1 aliphatic rings. The number of nitrogens with zero attached hydrogens (tertiary/aromatic N) is 2. The van der Waals surface area contributed by atoms with E-state index in [0.717, 1.165) is 4.90 Å². The Kier molecular flexibility index (Phi) is 4.62. The van der Waals surface area contributed by atoms with Gasteiger partial charge in [0.1, 0.15) is 6.07 Å². The summed E-state index contributed by atoms with van der Waals surface area (Å²) in [7, 11) is 0. The van der Waals surface area contributed by atoms with Crippen LogP contribution in [0.4, 0.5) is 10.5 Å². The van der Waals surface area contributed by atoms with Gasteiger partial charge in [-0.05, 0) is 18.2 Å². The molecule has 1 heterocycles. The molecule has 7 nitrogen and oxygen atoms in total. The first-order chi connectivity index (χ1) is 10.0. The normalized spacial score (nSPS) is 17.9. The third kappa shape index (κ3) is 3.42. The Balaban J connectivity index is 2.19. The maximum absolute atomic E-state index is 12.2. The third-order valence-corrected chi connectivity index (χ3v) is 3.25. The molecule has 1 aromatic carbocycles. The quantitative estimate of drug-likeness (QED) is 0.862. The SMILES string of the molecule is N#Cc1ccc(Cl)cc1NC(=O)N1CCOCC1C(=O)O. The monoisotopic (exact) mass is 309 g/mol. The summed E-state index contributed by atoms with van der Waals surface area (Å²) in [5, 5.41) is 21.0. The Hall–Kier alpha value is -2.30. The van der Waals surface area contributed by atoms with Gasteiger partial charge in [-0.25, -0.2) is 9.59 Å². The molecular formula is C13H12ClN3O4. The van der Waals surface area contributed by atoms with E-state index in [1.54, 1.807) is 0 Å².